The van der Waals surface area contributed by atoms with Crippen molar-refractivity contribution in [3.8, 4) is 79.2 Å². The molecule has 11 rings (SSSR count). The van der Waals surface area contributed by atoms with Crippen LogP contribution in [0.5, 0.6) is 0 Å². The molecule has 2 atom stereocenters. The highest BCUT2D eigenvalue weighted by molar-refractivity contribution is 7.92. The van der Waals surface area contributed by atoms with E-state index in [-0.39, 0.29) is 46.2 Å². The van der Waals surface area contributed by atoms with Crippen LogP contribution < -0.4 is 10.5 Å². The van der Waals surface area contributed by atoms with Crippen molar-refractivity contribution in [2.24, 2.45) is 20.0 Å². The molecule has 10 aromatic rings. The Bertz CT molecular complexity index is 3960. The number of aryl methyl sites for hydroxylation is 2. The number of nitrogens with zero attached hydrogens (tertiary/aromatic N) is 15. The summed E-state index contributed by atoms with van der Waals surface area (Å²) < 4.78 is 93.6. The standard InChI is InChI=1S/C49H40ClF4N17O3S/c1-67-24-56-64-47(67)37-16-32(51)4-6-35(37)26-10-27(12-34(11-26)70-21-30(17-59-70)44-39(49(52,53)54)7-5-33(23-72)61-44)36-13-29(36)20-69-25-57-65-48(69)38-19-58-68(2)46(38)28-14-42(66-75(3,73)74)63-43(15-28)71-22-31(18-60-71)45-40(50)8-9-41(55)62-45/h4-12,14-19,21-22,24-25,29,36,72H,13,20,23H2,1-3H3,(H2,55,62)(H,63,66). The van der Waals surface area contributed by atoms with Gasteiger partial charge in [0, 0.05) is 55.3 Å². The predicted octanol–water partition coefficient (Wildman–Crippen LogP) is 7.76. The molecule has 1 aliphatic carbocycles. The van der Waals surface area contributed by atoms with E-state index in [0.29, 0.717) is 80.1 Å². The van der Waals surface area contributed by atoms with E-state index >= 15 is 4.39 Å². The van der Waals surface area contributed by atoms with Crippen LogP contribution in [-0.4, -0.2) is 93.6 Å². The number of aromatic nitrogens is 15. The van der Waals surface area contributed by atoms with Crippen molar-refractivity contribution in [3.63, 3.8) is 0 Å². The van der Waals surface area contributed by atoms with Crippen molar-refractivity contribution in [2.45, 2.75) is 31.7 Å². The molecule has 380 valence electrons. The number of nitrogens with one attached hydrogen (secondary N) is 1. The fourth-order valence-electron chi connectivity index (χ4n) is 9.13. The first kappa shape index (κ1) is 48.6. The van der Waals surface area contributed by atoms with E-state index in [4.69, 9.17) is 17.3 Å². The second-order valence-corrected chi connectivity index (χ2v) is 20.1. The summed E-state index contributed by atoms with van der Waals surface area (Å²) in [6.45, 7) is -0.120. The molecule has 0 saturated heterocycles. The van der Waals surface area contributed by atoms with Crippen molar-refractivity contribution in [2.75, 3.05) is 16.7 Å². The Hall–Kier alpha value is -8.68. The minimum absolute atomic E-state index is 0.00695. The molecular formula is C49H40ClF4N17O3S. The van der Waals surface area contributed by atoms with Crippen LogP contribution in [0.15, 0.2) is 116 Å². The van der Waals surface area contributed by atoms with Gasteiger partial charge in [0.15, 0.2) is 17.5 Å². The molecule has 1 fully saturated rings. The van der Waals surface area contributed by atoms with Crippen LogP contribution >= 0.6 is 11.6 Å². The van der Waals surface area contributed by atoms with Gasteiger partial charge in [0.25, 0.3) is 0 Å². The molecule has 1 saturated carbocycles. The normalized spacial score (nSPS) is 14.7. The number of hydrogen-bond acceptors (Lipinski definition) is 14. The van der Waals surface area contributed by atoms with E-state index in [9.17, 15) is 26.7 Å². The zero-order chi connectivity index (χ0) is 52.5. The fourth-order valence-corrected chi connectivity index (χ4v) is 9.83. The maximum absolute atomic E-state index is 15.0. The van der Waals surface area contributed by atoms with Gasteiger partial charge in [-0.25, -0.2) is 37.1 Å². The molecule has 2 unspecified atom stereocenters. The lowest BCUT2D eigenvalue weighted by Crippen LogP contribution is -2.12. The third kappa shape index (κ3) is 9.70. The monoisotopic (exact) mass is 1060 g/mol. The zero-order valence-electron chi connectivity index (χ0n) is 39.6. The van der Waals surface area contributed by atoms with Gasteiger partial charge in [0.2, 0.25) is 10.0 Å². The molecule has 4 N–H and O–H groups in total. The van der Waals surface area contributed by atoms with Gasteiger partial charge in [-0.3, -0.25) is 9.40 Å². The van der Waals surface area contributed by atoms with Gasteiger partial charge in [-0.1, -0.05) is 23.7 Å². The first-order valence-corrected chi connectivity index (χ1v) is 25.0. The lowest BCUT2D eigenvalue weighted by atomic mass is 9.95. The summed E-state index contributed by atoms with van der Waals surface area (Å²) in [6.07, 6.45) is 7.66. The zero-order valence-corrected chi connectivity index (χ0v) is 41.2. The van der Waals surface area contributed by atoms with E-state index in [1.54, 1.807) is 72.4 Å². The maximum atomic E-state index is 15.0. The molecule has 2 aromatic carbocycles. The Balaban J connectivity index is 0.947. The van der Waals surface area contributed by atoms with E-state index < -0.39 is 34.2 Å². The molecule has 20 nitrogen and oxygen atoms in total. The molecule has 0 spiro atoms. The topological polar surface area (TPSA) is 246 Å². The average Bonchev–Trinajstić information content (AvgIpc) is 4.04. The third-order valence-electron chi connectivity index (χ3n) is 12.6. The molecule has 26 heteroatoms. The van der Waals surface area contributed by atoms with Crippen molar-refractivity contribution >= 4 is 33.3 Å². The van der Waals surface area contributed by atoms with E-state index in [0.717, 1.165) is 24.0 Å². The quantitative estimate of drug-likeness (QED) is 0.0882. The van der Waals surface area contributed by atoms with Gasteiger partial charge in [0.1, 0.15) is 30.1 Å². The number of nitrogen functional groups attached to an aromatic ring is 1. The highest BCUT2D eigenvalue weighted by Gasteiger charge is 2.40. The lowest BCUT2D eigenvalue weighted by Gasteiger charge is -2.14. The number of nitrogens with two attached hydrogens (primary N) is 1. The maximum Gasteiger partial charge on any atom is 0.418 e. The van der Waals surface area contributed by atoms with Crippen LogP contribution in [-0.2, 0) is 43.4 Å². The van der Waals surface area contributed by atoms with Gasteiger partial charge in [-0.15, -0.1) is 20.4 Å². The fraction of sp³-hybridized carbons (Fsp3) is 0.184. The molecule has 0 aliphatic heterocycles. The summed E-state index contributed by atoms with van der Waals surface area (Å²) in [6, 6.07) is 18.6. The molecule has 0 amide bonds. The summed E-state index contributed by atoms with van der Waals surface area (Å²) in [4.78, 5) is 13.0. The van der Waals surface area contributed by atoms with E-state index in [1.165, 1.54) is 46.4 Å². The molecule has 8 aromatic heterocycles. The van der Waals surface area contributed by atoms with Crippen LogP contribution in [0.2, 0.25) is 5.02 Å². The molecule has 8 heterocycles. The van der Waals surface area contributed by atoms with Crippen LogP contribution in [0.25, 0.3) is 79.2 Å². The number of alkyl halides is 3. The summed E-state index contributed by atoms with van der Waals surface area (Å²) in [7, 11) is -0.314. The predicted molar refractivity (Wildman–Crippen MR) is 268 cm³/mol. The largest absolute Gasteiger partial charge is 0.418 e. The van der Waals surface area contributed by atoms with Gasteiger partial charge >= 0.3 is 6.18 Å². The SMILES string of the molecule is Cn1cnnc1-c1cc(F)ccc1-c1cc(C2CC2Cn2cnnc2-c2cnn(C)c2-c2cc(NS(C)(=O)=O)nc(-n3cc(-c4nc(N)ccc4Cl)cn3)c2)cc(-n2cc(-c3nc(CO)ccc3C(F)(F)F)cn2)c1. The number of aliphatic hydroxyl groups is 1. The van der Waals surface area contributed by atoms with Crippen LogP contribution in [0.4, 0.5) is 29.2 Å². The second-order valence-electron chi connectivity index (χ2n) is 18.0. The van der Waals surface area contributed by atoms with Gasteiger partial charge in [0.05, 0.1) is 76.1 Å². The van der Waals surface area contributed by atoms with E-state index in [2.05, 4.69) is 55.4 Å². The first-order valence-electron chi connectivity index (χ1n) is 22.8. The Morgan fingerprint density at radius 1 is 0.787 bits per heavy atom. The minimum Gasteiger partial charge on any atom is -0.390 e. The number of halogens is 5. The van der Waals surface area contributed by atoms with E-state index in [1.807, 2.05) is 22.8 Å². The minimum atomic E-state index is -4.74. The number of benzene rings is 2. The van der Waals surface area contributed by atoms with Gasteiger partial charge in [-0.2, -0.15) is 28.5 Å². The highest BCUT2D eigenvalue weighted by Crippen LogP contribution is 2.51. The van der Waals surface area contributed by atoms with Crippen molar-refractivity contribution in [3.05, 3.63) is 144 Å². The number of sulfonamides is 1. The third-order valence-corrected chi connectivity index (χ3v) is 13.5. The molecule has 1 aliphatic rings. The highest BCUT2D eigenvalue weighted by atomic mass is 35.5. The molecule has 75 heavy (non-hydrogen) atoms. The smallest absolute Gasteiger partial charge is 0.390 e. The Morgan fingerprint density at radius 2 is 1.55 bits per heavy atom. The van der Waals surface area contributed by atoms with Crippen molar-refractivity contribution < 1.29 is 31.1 Å². The first-order chi connectivity index (χ1) is 35.9. The summed E-state index contributed by atoms with van der Waals surface area (Å²) in [5, 5.41) is 40.8. The van der Waals surface area contributed by atoms with Crippen molar-refractivity contribution in [1.82, 2.24) is 73.8 Å². The number of rotatable bonds is 14. The van der Waals surface area contributed by atoms with Crippen LogP contribution in [0, 0.1) is 11.7 Å². The van der Waals surface area contributed by atoms with Crippen molar-refractivity contribution in [1.29, 1.82) is 0 Å². The van der Waals surface area contributed by atoms with Gasteiger partial charge in [-0.05, 0) is 95.6 Å². The Labute approximate surface area is 428 Å². The lowest BCUT2D eigenvalue weighted by molar-refractivity contribution is -0.137. The number of hydrogen-bond donors (Lipinski definition) is 3. The molecule has 0 radical (unpaired) electrons. The number of aliphatic hydroxyl groups excluding tert-OH is 1. The molecule has 0 bridgehead atoms. The average molecular weight is 1060 g/mol. The van der Waals surface area contributed by atoms with Crippen LogP contribution in [0.3, 0.4) is 0 Å². The summed E-state index contributed by atoms with van der Waals surface area (Å²) in [5.41, 5.74) is 10.4. The Morgan fingerprint density at radius 3 is 2.31 bits per heavy atom. The second kappa shape index (κ2) is 18.7. The van der Waals surface area contributed by atoms with Crippen LogP contribution in [0.1, 0.15) is 29.2 Å². The number of pyridine rings is 3. The van der Waals surface area contributed by atoms with Gasteiger partial charge < -0.3 is 20.0 Å². The summed E-state index contributed by atoms with van der Waals surface area (Å²) >= 11 is 6.45. The molecular weight excluding hydrogens is 1020 g/mol. The Kier molecular flexibility index (Phi) is 12.1. The summed E-state index contributed by atoms with van der Waals surface area (Å²) in [5.74, 6) is 0.868. The number of anilines is 2.